The zero-order chi connectivity index (χ0) is 11.7. The molecule has 3 nitrogen and oxygen atoms in total. The molecule has 1 atom stereocenters. The Morgan fingerprint density at radius 2 is 2.29 bits per heavy atom. The highest BCUT2D eigenvalue weighted by molar-refractivity contribution is 5.44. The Bertz CT molecular complexity index is 405. The van der Waals surface area contributed by atoms with E-state index in [1.54, 1.807) is 0 Å². The van der Waals surface area contributed by atoms with Crippen LogP contribution in [-0.2, 0) is 12.8 Å². The zero-order valence-corrected chi connectivity index (χ0v) is 10.2. The molecule has 3 rings (SSSR count). The molecular formula is C14H20N2O. The predicted octanol–water partition coefficient (Wildman–Crippen LogP) is 1.78. The first-order valence-electron chi connectivity index (χ1n) is 6.71. The molecule has 0 radical (unpaired) electrons. The van der Waals surface area contributed by atoms with Crippen LogP contribution in [0.15, 0.2) is 12.1 Å². The molecule has 0 spiro atoms. The van der Waals surface area contributed by atoms with Gasteiger partial charge in [0.2, 0.25) is 0 Å². The number of aliphatic hydroxyl groups is 1. The summed E-state index contributed by atoms with van der Waals surface area (Å²) in [6.45, 7) is 2.47. The number of aliphatic hydroxyl groups excluding tert-OH is 1. The molecule has 1 aliphatic heterocycles. The van der Waals surface area contributed by atoms with Crippen LogP contribution in [0.2, 0.25) is 0 Å². The van der Waals surface area contributed by atoms with Gasteiger partial charge < -0.3 is 10.0 Å². The number of rotatable bonds is 3. The Morgan fingerprint density at radius 3 is 3.18 bits per heavy atom. The highest BCUT2D eigenvalue weighted by Crippen LogP contribution is 2.27. The molecule has 92 valence electrons. The summed E-state index contributed by atoms with van der Waals surface area (Å²) in [5.41, 5.74) is 2.76. The fraction of sp³-hybridized carbons (Fsp3) is 0.643. The van der Waals surface area contributed by atoms with Crippen LogP contribution in [0, 0.1) is 5.92 Å². The van der Waals surface area contributed by atoms with E-state index < -0.39 is 0 Å². The average molecular weight is 232 g/mol. The topological polar surface area (TPSA) is 36.4 Å². The summed E-state index contributed by atoms with van der Waals surface area (Å²) < 4.78 is 0. The van der Waals surface area contributed by atoms with E-state index >= 15 is 0 Å². The van der Waals surface area contributed by atoms with Gasteiger partial charge in [0, 0.05) is 25.4 Å². The highest BCUT2D eigenvalue weighted by atomic mass is 16.3. The Hall–Kier alpha value is -1.09. The van der Waals surface area contributed by atoms with Crippen LogP contribution in [0.5, 0.6) is 0 Å². The van der Waals surface area contributed by atoms with Gasteiger partial charge in [0.1, 0.15) is 5.82 Å². The minimum atomic E-state index is 0.316. The minimum Gasteiger partial charge on any atom is -0.396 e. The lowest BCUT2D eigenvalue weighted by Gasteiger charge is -2.18. The Morgan fingerprint density at radius 1 is 1.35 bits per heavy atom. The number of hydrogen-bond acceptors (Lipinski definition) is 3. The molecular weight excluding hydrogens is 212 g/mol. The van der Waals surface area contributed by atoms with Crippen molar-refractivity contribution in [3.63, 3.8) is 0 Å². The van der Waals surface area contributed by atoms with E-state index in [2.05, 4.69) is 17.0 Å². The van der Waals surface area contributed by atoms with Gasteiger partial charge in [0.15, 0.2) is 0 Å². The highest BCUT2D eigenvalue weighted by Gasteiger charge is 2.24. The number of pyridine rings is 1. The monoisotopic (exact) mass is 232 g/mol. The molecule has 0 bridgehead atoms. The maximum Gasteiger partial charge on any atom is 0.128 e. The van der Waals surface area contributed by atoms with Crippen molar-refractivity contribution < 1.29 is 5.11 Å². The summed E-state index contributed by atoms with van der Waals surface area (Å²) in [5.74, 6) is 1.79. The van der Waals surface area contributed by atoms with Gasteiger partial charge in [-0.15, -0.1) is 0 Å². The normalized spacial score (nSPS) is 23.1. The molecule has 1 aromatic heterocycles. The molecule has 17 heavy (non-hydrogen) atoms. The summed E-state index contributed by atoms with van der Waals surface area (Å²) >= 11 is 0. The Balaban J connectivity index is 1.73. The van der Waals surface area contributed by atoms with Crippen LogP contribution in [0.3, 0.4) is 0 Å². The van der Waals surface area contributed by atoms with Gasteiger partial charge in [-0.3, -0.25) is 0 Å². The summed E-state index contributed by atoms with van der Waals surface area (Å²) in [5, 5.41) is 8.98. The van der Waals surface area contributed by atoms with Crippen molar-refractivity contribution in [3.8, 4) is 0 Å². The standard InChI is InChI=1S/C14H20N2O/c17-9-7-11-6-8-16(10-11)14-5-4-12-2-1-3-13(12)15-14/h4-5,11,17H,1-3,6-10H2. The average Bonchev–Trinajstić information content (AvgIpc) is 2.96. The fourth-order valence-corrected chi connectivity index (χ4v) is 3.04. The van der Waals surface area contributed by atoms with Crippen molar-refractivity contribution in [2.75, 3.05) is 24.6 Å². The lowest BCUT2D eigenvalue weighted by Crippen LogP contribution is -2.21. The van der Waals surface area contributed by atoms with Gasteiger partial charge in [-0.1, -0.05) is 6.07 Å². The molecule has 0 saturated carbocycles. The van der Waals surface area contributed by atoms with Gasteiger partial charge in [-0.25, -0.2) is 4.98 Å². The van der Waals surface area contributed by atoms with E-state index in [9.17, 15) is 0 Å². The lowest BCUT2D eigenvalue weighted by molar-refractivity contribution is 0.263. The van der Waals surface area contributed by atoms with Gasteiger partial charge in [-0.05, 0) is 49.7 Å². The van der Waals surface area contributed by atoms with E-state index in [4.69, 9.17) is 10.1 Å². The third-order valence-corrected chi connectivity index (χ3v) is 4.06. The van der Waals surface area contributed by atoms with Gasteiger partial charge in [0.05, 0.1) is 0 Å². The largest absolute Gasteiger partial charge is 0.396 e. The van der Waals surface area contributed by atoms with Crippen molar-refractivity contribution in [1.29, 1.82) is 0 Å². The number of aromatic nitrogens is 1. The third-order valence-electron chi connectivity index (χ3n) is 4.06. The fourth-order valence-electron chi connectivity index (χ4n) is 3.04. The summed E-state index contributed by atoms with van der Waals surface area (Å²) in [6.07, 6.45) is 5.74. The number of aryl methyl sites for hydroxylation is 2. The zero-order valence-electron chi connectivity index (χ0n) is 10.2. The lowest BCUT2D eigenvalue weighted by atomic mass is 10.1. The van der Waals surface area contributed by atoms with Crippen molar-refractivity contribution in [1.82, 2.24) is 4.98 Å². The maximum atomic E-state index is 8.98. The second kappa shape index (κ2) is 4.65. The number of anilines is 1. The van der Waals surface area contributed by atoms with Crippen molar-refractivity contribution >= 4 is 5.82 Å². The van der Waals surface area contributed by atoms with Crippen LogP contribution in [0.1, 0.15) is 30.5 Å². The summed E-state index contributed by atoms with van der Waals surface area (Å²) in [4.78, 5) is 7.17. The molecule has 0 aromatic carbocycles. The molecule has 1 unspecified atom stereocenters. The van der Waals surface area contributed by atoms with Crippen LogP contribution in [-0.4, -0.2) is 29.8 Å². The van der Waals surface area contributed by atoms with Crippen LogP contribution in [0.4, 0.5) is 5.82 Å². The molecule has 2 aliphatic rings. The SMILES string of the molecule is OCCC1CCN(c2ccc3c(n2)CCC3)C1. The first-order chi connectivity index (χ1) is 8.36. The molecule has 3 heteroatoms. The molecule has 2 heterocycles. The third kappa shape index (κ3) is 2.16. The Kier molecular flexibility index (Phi) is 3.02. The van der Waals surface area contributed by atoms with E-state index in [0.29, 0.717) is 12.5 Å². The van der Waals surface area contributed by atoms with Crippen LogP contribution < -0.4 is 4.90 Å². The minimum absolute atomic E-state index is 0.316. The van der Waals surface area contributed by atoms with E-state index in [1.807, 2.05) is 0 Å². The smallest absolute Gasteiger partial charge is 0.128 e. The van der Waals surface area contributed by atoms with Crippen LogP contribution in [0.25, 0.3) is 0 Å². The Labute approximate surface area is 102 Å². The second-order valence-electron chi connectivity index (χ2n) is 5.24. The summed E-state index contributed by atoms with van der Waals surface area (Å²) in [6, 6.07) is 4.43. The second-order valence-corrected chi connectivity index (χ2v) is 5.24. The van der Waals surface area contributed by atoms with Crippen molar-refractivity contribution in [2.45, 2.75) is 32.1 Å². The molecule has 1 saturated heterocycles. The van der Waals surface area contributed by atoms with Gasteiger partial charge >= 0.3 is 0 Å². The quantitative estimate of drug-likeness (QED) is 0.863. The summed E-state index contributed by atoms with van der Waals surface area (Å²) in [7, 11) is 0. The van der Waals surface area contributed by atoms with Crippen molar-refractivity contribution in [2.24, 2.45) is 5.92 Å². The molecule has 1 aliphatic carbocycles. The number of fused-ring (bicyclic) bond motifs is 1. The molecule has 1 fully saturated rings. The van der Waals surface area contributed by atoms with E-state index in [0.717, 1.165) is 31.7 Å². The van der Waals surface area contributed by atoms with E-state index in [-0.39, 0.29) is 0 Å². The van der Waals surface area contributed by atoms with Gasteiger partial charge in [0.25, 0.3) is 0 Å². The van der Waals surface area contributed by atoms with Crippen molar-refractivity contribution in [3.05, 3.63) is 23.4 Å². The first kappa shape index (κ1) is 11.0. The maximum absolute atomic E-state index is 8.98. The number of hydrogen-bond donors (Lipinski definition) is 1. The van der Waals surface area contributed by atoms with Crippen LogP contribution >= 0.6 is 0 Å². The van der Waals surface area contributed by atoms with Gasteiger partial charge in [-0.2, -0.15) is 0 Å². The van der Waals surface area contributed by atoms with E-state index in [1.165, 1.54) is 30.5 Å². The first-order valence-corrected chi connectivity index (χ1v) is 6.71. The molecule has 0 amide bonds. The molecule has 1 N–H and O–H groups in total. The molecule has 1 aromatic rings. The number of nitrogens with zero attached hydrogens (tertiary/aromatic N) is 2. The predicted molar refractivity (Wildman–Crippen MR) is 68.3 cm³/mol.